The van der Waals surface area contributed by atoms with Gasteiger partial charge in [0.15, 0.2) is 22.3 Å². The molecule has 36 heavy (non-hydrogen) atoms. The Kier molecular flexibility index (Phi) is 5.84. The van der Waals surface area contributed by atoms with Crippen LogP contribution in [0.25, 0.3) is 28.3 Å². The van der Waals surface area contributed by atoms with Crippen molar-refractivity contribution in [1.29, 1.82) is 0 Å². The van der Waals surface area contributed by atoms with Gasteiger partial charge in [0.05, 0.1) is 0 Å². The predicted octanol–water partition coefficient (Wildman–Crippen LogP) is 1.11. The molecule has 12 nitrogen and oxygen atoms in total. The fourth-order valence-corrected chi connectivity index (χ4v) is 5.48. The second-order valence-electron chi connectivity index (χ2n) is 9.70. The number of aromatic nitrogens is 8. The summed E-state index contributed by atoms with van der Waals surface area (Å²) in [7, 11) is 4.71. The molecule has 0 bridgehead atoms. The van der Waals surface area contributed by atoms with Crippen LogP contribution in [0.5, 0.6) is 0 Å². The molecule has 1 saturated carbocycles. The first-order valence-electron chi connectivity index (χ1n) is 12.6. The highest BCUT2D eigenvalue weighted by Gasteiger charge is 2.31. The van der Waals surface area contributed by atoms with Crippen LogP contribution in [0, 0.1) is 0 Å². The van der Waals surface area contributed by atoms with Gasteiger partial charge in [0.25, 0.3) is 11.1 Å². The zero-order valence-electron chi connectivity index (χ0n) is 21.4. The number of imidazole rings is 2. The summed E-state index contributed by atoms with van der Waals surface area (Å²) in [6.07, 6.45) is 5.25. The van der Waals surface area contributed by atoms with Gasteiger partial charge in [0.1, 0.15) is 5.82 Å². The van der Waals surface area contributed by atoms with E-state index in [0.29, 0.717) is 43.4 Å². The third-order valence-corrected chi connectivity index (χ3v) is 7.31. The van der Waals surface area contributed by atoms with Gasteiger partial charge in [-0.3, -0.25) is 32.4 Å². The fourth-order valence-electron chi connectivity index (χ4n) is 5.48. The molecule has 1 aliphatic rings. The Hall–Kier alpha value is -3.70. The topological polar surface area (TPSA) is 124 Å². The van der Waals surface area contributed by atoms with Crippen LogP contribution in [0.2, 0.25) is 0 Å². The summed E-state index contributed by atoms with van der Waals surface area (Å²) in [6, 6.07) is 0. The molecule has 1 fully saturated rings. The number of hydrogen-bond donors (Lipinski definition) is 0. The Balaban J connectivity index is 1.99. The molecule has 192 valence electrons. The van der Waals surface area contributed by atoms with Gasteiger partial charge in [-0.25, -0.2) is 14.6 Å². The summed E-state index contributed by atoms with van der Waals surface area (Å²) >= 11 is 0. The highest BCUT2D eigenvalue weighted by Crippen LogP contribution is 2.36. The van der Waals surface area contributed by atoms with Crippen molar-refractivity contribution in [3.05, 3.63) is 47.5 Å². The summed E-state index contributed by atoms with van der Waals surface area (Å²) in [4.78, 5) is 62.3. The van der Waals surface area contributed by atoms with E-state index >= 15 is 0 Å². The van der Waals surface area contributed by atoms with Gasteiger partial charge in [-0.2, -0.15) is 4.98 Å². The largest absolute Gasteiger partial charge is 0.332 e. The van der Waals surface area contributed by atoms with Crippen molar-refractivity contribution in [3.63, 3.8) is 0 Å². The van der Waals surface area contributed by atoms with Gasteiger partial charge in [0.2, 0.25) is 5.95 Å². The first-order valence-corrected chi connectivity index (χ1v) is 12.6. The average Bonchev–Trinajstić information content (AvgIpc) is 3.59. The Morgan fingerprint density at radius 2 is 1.42 bits per heavy atom. The van der Waals surface area contributed by atoms with Crippen LogP contribution in [0.15, 0.2) is 19.2 Å². The van der Waals surface area contributed by atoms with E-state index < -0.39 is 16.8 Å². The summed E-state index contributed by atoms with van der Waals surface area (Å²) in [5, 5.41) is 0. The molecule has 0 radical (unpaired) electrons. The SMILES string of the molecule is CCCn1c(=O)c2nc(C3CCCC3)n(-c3nc4c(c(=O)n(C)c(=O)n4C)n3C)c2n(CCC)c1=O. The smallest absolute Gasteiger partial charge is 0.307 e. The lowest BCUT2D eigenvalue weighted by atomic mass is 10.1. The first kappa shape index (κ1) is 24.0. The number of nitrogens with zero attached hydrogens (tertiary/aromatic N) is 8. The number of rotatable bonds is 6. The molecule has 0 atom stereocenters. The van der Waals surface area contributed by atoms with E-state index in [1.54, 1.807) is 27.8 Å². The lowest BCUT2D eigenvalue weighted by Crippen LogP contribution is -2.40. The summed E-state index contributed by atoms with van der Waals surface area (Å²) in [5.74, 6) is 1.11. The van der Waals surface area contributed by atoms with E-state index in [1.165, 1.54) is 16.2 Å². The van der Waals surface area contributed by atoms with Crippen LogP contribution >= 0.6 is 0 Å². The van der Waals surface area contributed by atoms with E-state index in [0.717, 1.165) is 30.3 Å². The van der Waals surface area contributed by atoms with E-state index in [4.69, 9.17) is 9.97 Å². The molecule has 0 aromatic carbocycles. The maximum absolute atomic E-state index is 13.5. The summed E-state index contributed by atoms with van der Waals surface area (Å²) in [6.45, 7) is 4.61. The number of aryl methyl sites for hydroxylation is 3. The van der Waals surface area contributed by atoms with Crippen molar-refractivity contribution in [1.82, 2.24) is 37.4 Å². The first-order chi connectivity index (χ1) is 17.2. The molecule has 0 spiro atoms. The van der Waals surface area contributed by atoms with Gasteiger partial charge in [-0.1, -0.05) is 26.7 Å². The van der Waals surface area contributed by atoms with E-state index in [2.05, 4.69) is 0 Å². The molecule has 4 aromatic rings. The van der Waals surface area contributed by atoms with Crippen molar-refractivity contribution in [2.45, 2.75) is 71.4 Å². The normalized spacial score (nSPS) is 14.6. The molecule has 5 rings (SSSR count). The predicted molar refractivity (Wildman–Crippen MR) is 136 cm³/mol. The monoisotopic (exact) mass is 496 g/mol. The molecule has 12 heteroatoms. The quantitative estimate of drug-likeness (QED) is 0.394. The second-order valence-corrected chi connectivity index (χ2v) is 9.70. The minimum atomic E-state index is -0.478. The van der Waals surface area contributed by atoms with Crippen LogP contribution in [0.4, 0.5) is 0 Å². The maximum atomic E-state index is 13.5. The van der Waals surface area contributed by atoms with E-state index in [-0.39, 0.29) is 28.3 Å². The Morgan fingerprint density at radius 1 is 0.778 bits per heavy atom. The molecule has 0 aliphatic heterocycles. The molecule has 4 aromatic heterocycles. The molecular weight excluding hydrogens is 464 g/mol. The molecule has 0 N–H and O–H groups in total. The number of hydrogen-bond acceptors (Lipinski definition) is 6. The maximum Gasteiger partial charge on any atom is 0.332 e. The van der Waals surface area contributed by atoms with Crippen molar-refractivity contribution in [2.24, 2.45) is 21.1 Å². The van der Waals surface area contributed by atoms with E-state index in [9.17, 15) is 19.2 Å². The van der Waals surface area contributed by atoms with Crippen LogP contribution < -0.4 is 22.5 Å². The second kappa shape index (κ2) is 8.75. The van der Waals surface area contributed by atoms with Gasteiger partial charge in [-0.05, 0) is 25.7 Å². The lowest BCUT2D eigenvalue weighted by molar-refractivity contribution is 0.551. The third-order valence-electron chi connectivity index (χ3n) is 7.31. The Labute approximate surface area is 206 Å². The van der Waals surface area contributed by atoms with Crippen molar-refractivity contribution >= 4 is 22.3 Å². The highest BCUT2D eigenvalue weighted by atomic mass is 16.2. The van der Waals surface area contributed by atoms with Crippen LogP contribution in [-0.2, 0) is 34.2 Å². The van der Waals surface area contributed by atoms with Crippen molar-refractivity contribution in [3.8, 4) is 5.95 Å². The van der Waals surface area contributed by atoms with Gasteiger partial charge >= 0.3 is 11.4 Å². The van der Waals surface area contributed by atoms with E-state index in [1.807, 2.05) is 13.8 Å². The van der Waals surface area contributed by atoms with Gasteiger partial charge < -0.3 is 4.57 Å². The number of fused-ring (bicyclic) bond motifs is 2. The Morgan fingerprint density at radius 3 is 2.06 bits per heavy atom. The third kappa shape index (κ3) is 3.26. The minimum absolute atomic E-state index is 0.0908. The zero-order valence-corrected chi connectivity index (χ0v) is 21.4. The zero-order chi connectivity index (χ0) is 25.9. The standard InChI is InChI=1S/C24H32N8O4/c1-6-12-30-19-15(20(33)31(13-7-2)24(30)36)25-17(14-10-8-9-11-14)32(19)22-26-18-16(27(22)3)21(34)29(5)23(35)28(18)4/h14H,6-13H2,1-5H3. The molecule has 1 aliphatic carbocycles. The molecule has 0 saturated heterocycles. The van der Waals surface area contributed by atoms with Crippen LogP contribution in [0.3, 0.4) is 0 Å². The lowest BCUT2D eigenvalue weighted by Gasteiger charge is -2.16. The Bertz CT molecular complexity index is 1740. The van der Waals surface area contributed by atoms with Crippen molar-refractivity contribution < 1.29 is 0 Å². The summed E-state index contributed by atoms with van der Waals surface area (Å²) in [5.41, 5.74) is -0.609. The molecular formula is C24H32N8O4. The van der Waals surface area contributed by atoms with Gasteiger partial charge in [-0.15, -0.1) is 0 Å². The van der Waals surface area contributed by atoms with Crippen LogP contribution in [-0.4, -0.2) is 37.4 Å². The fraction of sp³-hybridized carbons (Fsp3) is 0.583. The molecule has 0 unspecified atom stereocenters. The summed E-state index contributed by atoms with van der Waals surface area (Å²) < 4.78 is 8.67. The van der Waals surface area contributed by atoms with Gasteiger partial charge in [0, 0.05) is 40.2 Å². The average molecular weight is 497 g/mol. The minimum Gasteiger partial charge on any atom is -0.307 e. The van der Waals surface area contributed by atoms with Crippen LogP contribution in [0.1, 0.15) is 64.1 Å². The van der Waals surface area contributed by atoms with Crippen molar-refractivity contribution in [2.75, 3.05) is 0 Å². The molecule has 4 heterocycles. The molecule has 0 amide bonds. The highest BCUT2D eigenvalue weighted by molar-refractivity contribution is 5.77.